The van der Waals surface area contributed by atoms with E-state index in [9.17, 15) is 0 Å². The molecule has 134 valence electrons. The normalized spacial score (nSPS) is 11.2. The molecule has 2 aromatic carbocycles. The van der Waals surface area contributed by atoms with Gasteiger partial charge in [0.1, 0.15) is 6.54 Å². The first-order valence-corrected chi connectivity index (χ1v) is 9.35. The van der Waals surface area contributed by atoms with Crippen LogP contribution in [0.25, 0.3) is 21.8 Å². The highest BCUT2D eigenvalue weighted by Gasteiger charge is 2.18. The van der Waals surface area contributed by atoms with Gasteiger partial charge >= 0.3 is 0 Å². The summed E-state index contributed by atoms with van der Waals surface area (Å²) in [6.45, 7) is 8.94. The number of unbranched alkanes of at least 4 members (excludes halogenated alkanes) is 1. The van der Waals surface area contributed by atoms with E-state index in [-0.39, 0.29) is 12.4 Å². The molecule has 0 saturated carbocycles. The van der Waals surface area contributed by atoms with Crippen LogP contribution in [0.1, 0.15) is 26.7 Å². The van der Waals surface area contributed by atoms with E-state index in [1.165, 1.54) is 30.4 Å². The third-order valence-corrected chi connectivity index (χ3v) is 5.27. The molecule has 0 aliphatic rings. The second-order valence-electron chi connectivity index (χ2n) is 6.23. The van der Waals surface area contributed by atoms with E-state index >= 15 is 0 Å². The lowest BCUT2D eigenvalue weighted by Gasteiger charge is -2.17. The van der Waals surface area contributed by atoms with E-state index < -0.39 is 0 Å². The van der Waals surface area contributed by atoms with Crippen molar-refractivity contribution in [1.29, 1.82) is 0 Å². The molecule has 0 bridgehead atoms. The van der Waals surface area contributed by atoms with Crippen LogP contribution < -0.4 is 17.0 Å². The minimum atomic E-state index is 0. The minimum absolute atomic E-state index is 0. The SMILES string of the molecule is CCN(CC)CCCC[n+]1c2ccccc2c(Cl)c2ccccc21.[Cl-]. The van der Waals surface area contributed by atoms with Gasteiger partial charge in [-0.25, -0.2) is 0 Å². The van der Waals surface area contributed by atoms with Crippen molar-refractivity contribution in [1.82, 2.24) is 4.90 Å². The Labute approximate surface area is 161 Å². The summed E-state index contributed by atoms with van der Waals surface area (Å²) in [6.07, 6.45) is 2.40. The van der Waals surface area contributed by atoms with Crippen molar-refractivity contribution in [3.63, 3.8) is 0 Å². The molecule has 2 nitrogen and oxygen atoms in total. The monoisotopic (exact) mass is 376 g/mol. The molecule has 0 amide bonds. The van der Waals surface area contributed by atoms with Crippen LogP contribution in [0.5, 0.6) is 0 Å². The average molecular weight is 377 g/mol. The van der Waals surface area contributed by atoms with Gasteiger partial charge in [0.2, 0.25) is 11.0 Å². The predicted octanol–water partition coefficient (Wildman–Crippen LogP) is 2.06. The molecule has 3 aromatic rings. The zero-order valence-corrected chi connectivity index (χ0v) is 16.5. The number of para-hydroxylation sites is 2. The number of nitrogens with zero attached hydrogens (tertiary/aromatic N) is 2. The quantitative estimate of drug-likeness (QED) is 0.347. The first kappa shape index (κ1) is 20.0. The summed E-state index contributed by atoms with van der Waals surface area (Å²) in [5.41, 5.74) is 2.45. The summed E-state index contributed by atoms with van der Waals surface area (Å²) in [5, 5.41) is 3.14. The molecule has 0 atom stereocenters. The third kappa shape index (κ3) is 4.25. The van der Waals surface area contributed by atoms with Gasteiger partial charge in [-0.15, -0.1) is 0 Å². The lowest BCUT2D eigenvalue weighted by atomic mass is 10.1. The molecule has 0 N–H and O–H groups in total. The Morgan fingerprint density at radius 3 is 1.88 bits per heavy atom. The Morgan fingerprint density at radius 2 is 1.36 bits per heavy atom. The number of aryl methyl sites for hydroxylation is 1. The molecule has 0 aliphatic carbocycles. The van der Waals surface area contributed by atoms with Gasteiger partial charge in [0.05, 0.1) is 15.8 Å². The summed E-state index contributed by atoms with van der Waals surface area (Å²) in [6, 6.07) is 16.9. The molecule has 0 unspecified atom stereocenters. The molecular weight excluding hydrogens is 351 g/mol. The largest absolute Gasteiger partial charge is 1.00 e. The highest BCUT2D eigenvalue weighted by atomic mass is 35.5. The van der Waals surface area contributed by atoms with Gasteiger partial charge in [-0.2, -0.15) is 4.57 Å². The Morgan fingerprint density at radius 1 is 0.840 bits per heavy atom. The van der Waals surface area contributed by atoms with E-state index in [4.69, 9.17) is 11.6 Å². The molecule has 0 radical (unpaired) electrons. The Balaban J connectivity index is 0.00000225. The van der Waals surface area contributed by atoms with Crippen molar-refractivity contribution >= 4 is 33.4 Å². The van der Waals surface area contributed by atoms with Crippen molar-refractivity contribution in [3.05, 3.63) is 53.6 Å². The second kappa shape index (κ2) is 9.38. The lowest BCUT2D eigenvalue weighted by molar-refractivity contribution is -0.645. The van der Waals surface area contributed by atoms with Crippen LogP contribution in [0.4, 0.5) is 0 Å². The molecular formula is C21H26Cl2N2. The van der Waals surface area contributed by atoms with Crippen molar-refractivity contribution in [3.8, 4) is 0 Å². The fourth-order valence-corrected chi connectivity index (χ4v) is 3.77. The van der Waals surface area contributed by atoms with Crippen LogP contribution >= 0.6 is 11.6 Å². The molecule has 3 rings (SSSR count). The van der Waals surface area contributed by atoms with Crippen molar-refractivity contribution < 1.29 is 17.0 Å². The number of aromatic nitrogens is 1. The second-order valence-corrected chi connectivity index (χ2v) is 6.61. The Bertz CT molecular complexity index is 772. The number of halogens is 2. The summed E-state index contributed by atoms with van der Waals surface area (Å²) >= 11 is 6.67. The zero-order chi connectivity index (χ0) is 16.9. The predicted molar refractivity (Wildman–Crippen MR) is 104 cm³/mol. The summed E-state index contributed by atoms with van der Waals surface area (Å²) in [4.78, 5) is 2.49. The number of rotatable bonds is 7. The third-order valence-electron chi connectivity index (χ3n) is 4.86. The van der Waals surface area contributed by atoms with E-state index in [1.807, 2.05) is 0 Å². The number of hydrogen-bond donors (Lipinski definition) is 0. The Kier molecular flexibility index (Phi) is 7.49. The maximum absolute atomic E-state index is 6.67. The zero-order valence-electron chi connectivity index (χ0n) is 15.0. The van der Waals surface area contributed by atoms with Crippen LogP contribution in [0.2, 0.25) is 5.02 Å². The molecule has 0 spiro atoms. The van der Waals surface area contributed by atoms with Gasteiger partial charge in [0.25, 0.3) is 0 Å². The van der Waals surface area contributed by atoms with E-state index in [0.717, 1.165) is 35.4 Å². The fourth-order valence-electron chi connectivity index (χ4n) is 3.45. The van der Waals surface area contributed by atoms with Gasteiger partial charge in [-0.1, -0.05) is 49.7 Å². The number of pyridine rings is 1. The van der Waals surface area contributed by atoms with Crippen molar-refractivity contribution in [2.75, 3.05) is 19.6 Å². The standard InChI is InChI=1S/C21H26ClN2.ClH/c1-3-23(4-2)15-9-10-16-24-19-13-7-5-11-17(19)21(22)18-12-6-8-14-20(18)24;/h5-8,11-14H,3-4,9-10,15-16H2,1-2H3;1H/q+1;/p-1. The van der Waals surface area contributed by atoms with Gasteiger partial charge in [0, 0.05) is 18.6 Å². The van der Waals surface area contributed by atoms with Gasteiger partial charge in [-0.3, -0.25) is 0 Å². The van der Waals surface area contributed by atoms with Crippen LogP contribution in [0, 0.1) is 0 Å². The summed E-state index contributed by atoms with van der Waals surface area (Å²) in [7, 11) is 0. The Hall–Kier alpha value is -1.35. The first-order chi connectivity index (χ1) is 11.8. The van der Waals surface area contributed by atoms with E-state index in [2.05, 4.69) is 71.8 Å². The molecule has 0 aliphatic heterocycles. The number of hydrogen-bond acceptors (Lipinski definition) is 1. The van der Waals surface area contributed by atoms with Crippen LogP contribution in [-0.4, -0.2) is 24.5 Å². The van der Waals surface area contributed by atoms with E-state index in [1.54, 1.807) is 0 Å². The number of benzene rings is 2. The highest BCUT2D eigenvalue weighted by molar-refractivity contribution is 6.39. The molecule has 1 heterocycles. The summed E-state index contributed by atoms with van der Waals surface area (Å²) < 4.78 is 2.43. The van der Waals surface area contributed by atoms with E-state index in [0.29, 0.717) is 0 Å². The molecule has 4 heteroatoms. The fraction of sp³-hybridized carbons (Fsp3) is 0.381. The maximum atomic E-state index is 6.67. The average Bonchev–Trinajstić information content (AvgIpc) is 2.64. The van der Waals surface area contributed by atoms with Gasteiger partial charge < -0.3 is 17.3 Å². The molecule has 25 heavy (non-hydrogen) atoms. The summed E-state index contributed by atoms with van der Waals surface area (Å²) in [5.74, 6) is 0. The van der Waals surface area contributed by atoms with Crippen molar-refractivity contribution in [2.45, 2.75) is 33.2 Å². The molecule has 1 aromatic heterocycles. The first-order valence-electron chi connectivity index (χ1n) is 8.97. The smallest absolute Gasteiger partial charge is 0.214 e. The van der Waals surface area contributed by atoms with Gasteiger partial charge in [0.15, 0.2) is 0 Å². The minimum Gasteiger partial charge on any atom is -1.00 e. The lowest BCUT2D eigenvalue weighted by Crippen LogP contribution is -3.00. The molecule has 0 saturated heterocycles. The molecule has 0 fully saturated rings. The van der Waals surface area contributed by atoms with Crippen LogP contribution in [-0.2, 0) is 6.54 Å². The maximum Gasteiger partial charge on any atom is 0.214 e. The van der Waals surface area contributed by atoms with Crippen LogP contribution in [0.15, 0.2) is 48.5 Å². The van der Waals surface area contributed by atoms with Crippen LogP contribution in [0.3, 0.4) is 0 Å². The highest BCUT2D eigenvalue weighted by Crippen LogP contribution is 2.29. The topological polar surface area (TPSA) is 7.12 Å². The van der Waals surface area contributed by atoms with Gasteiger partial charge in [-0.05, 0) is 38.2 Å². The van der Waals surface area contributed by atoms with Crippen molar-refractivity contribution in [2.24, 2.45) is 0 Å². The number of fused-ring (bicyclic) bond motifs is 2.